The Balaban J connectivity index is 2.59. The fourth-order valence-corrected chi connectivity index (χ4v) is 2.84. The molecule has 1 aromatic carbocycles. The van der Waals surface area contributed by atoms with Crippen LogP contribution >= 0.6 is 31.8 Å². The molecule has 6 heteroatoms. The Kier molecular flexibility index (Phi) is 8.83. The van der Waals surface area contributed by atoms with Gasteiger partial charge >= 0.3 is 8.60 Å². The molecule has 0 amide bonds. The van der Waals surface area contributed by atoms with E-state index in [1.165, 1.54) is 25.7 Å². The molecule has 0 bridgehead atoms. The molecule has 0 aromatic heterocycles. The van der Waals surface area contributed by atoms with Gasteiger partial charge in [-0.25, -0.2) is 0 Å². The third kappa shape index (κ3) is 6.15. The van der Waals surface area contributed by atoms with E-state index in [2.05, 4.69) is 6.92 Å². The molecule has 20 heavy (non-hydrogen) atoms. The minimum atomic E-state index is -2.44. The minimum Gasteiger partial charge on any atom is -0.427 e. The Labute approximate surface area is 131 Å². The molecule has 0 atom stereocenters. The first-order valence-corrected chi connectivity index (χ1v) is 8.81. The van der Waals surface area contributed by atoms with E-state index in [1.807, 2.05) is 0 Å². The average molecular weight is 339 g/mol. The highest BCUT2D eigenvalue weighted by Gasteiger charge is 2.14. The monoisotopic (exact) mass is 338 g/mol. The van der Waals surface area contributed by atoms with Gasteiger partial charge in [0.15, 0.2) is 0 Å². The second-order valence-electron chi connectivity index (χ2n) is 4.70. The van der Waals surface area contributed by atoms with Gasteiger partial charge in [-0.05, 0) is 25.0 Å². The lowest BCUT2D eigenvalue weighted by Crippen LogP contribution is -1.95. The van der Waals surface area contributed by atoms with Crippen LogP contribution in [-0.2, 0) is 6.42 Å². The zero-order valence-corrected chi connectivity index (χ0v) is 14.0. The second kappa shape index (κ2) is 9.81. The summed E-state index contributed by atoms with van der Waals surface area (Å²) in [5.74, 6) is 0.407. The van der Waals surface area contributed by atoms with Gasteiger partial charge in [0.1, 0.15) is 5.75 Å². The fraction of sp³-hybridized carbons (Fsp3) is 0.571. The smallest absolute Gasteiger partial charge is 0.391 e. The van der Waals surface area contributed by atoms with Gasteiger partial charge in [-0.3, -0.25) is 0 Å². The van der Waals surface area contributed by atoms with Gasteiger partial charge in [0, 0.05) is 5.56 Å². The standard InChI is InChI=1S/C14H21Cl2O3P/c1-2-3-4-5-6-7-8-11-13(19-20(17)18)10-9-12(15)14(11)16/h9-10,17-18H,2-8H2,1H3. The molecule has 0 saturated heterocycles. The summed E-state index contributed by atoms with van der Waals surface area (Å²) in [7, 11) is -2.44. The maximum absolute atomic E-state index is 8.98. The Hall–Kier alpha value is -0.0500. The number of hydrogen-bond donors (Lipinski definition) is 2. The second-order valence-corrected chi connectivity index (χ2v) is 6.17. The van der Waals surface area contributed by atoms with E-state index < -0.39 is 8.60 Å². The Morgan fingerprint density at radius 3 is 2.35 bits per heavy atom. The molecule has 0 spiro atoms. The van der Waals surface area contributed by atoms with Crippen LogP contribution in [0.15, 0.2) is 12.1 Å². The molecule has 1 aromatic rings. The zero-order valence-electron chi connectivity index (χ0n) is 11.6. The van der Waals surface area contributed by atoms with E-state index in [9.17, 15) is 0 Å². The lowest BCUT2D eigenvalue weighted by molar-refractivity contribution is 0.373. The van der Waals surface area contributed by atoms with Crippen molar-refractivity contribution in [3.05, 3.63) is 27.7 Å². The predicted molar refractivity (Wildman–Crippen MR) is 85.5 cm³/mol. The lowest BCUT2D eigenvalue weighted by atomic mass is 10.0. The van der Waals surface area contributed by atoms with Crippen molar-refractivity contribution < 1.29 is 14.3 Å². The molecule has 0 aliphatic heterocycles. The SMILES string of the molecule is CCCCCCCCc1c(OP(O)O)ccc(Cl)c1Cl. The van der Waals surface area contributed by atoms with Crippen molar-refractivity contribution in [2.24, 2.45) is 0 Å². The van der Waals surface area contributed by atoms with Gasteiger partial charge in [0.25, 0.3) is 0 Å². The number of unbranched alkanes of at least 4 members (excludes halogenated alkanes) is 5. The maximum Gasteiger partial charge on any atom is 0.391 e. The summed E-state index contributed by atoms with van der Waals surface area (Å²) < 4.78 is 5.01. The van der Waals surface area contributed by atoms with Gasteiger partial charge in [-0.15, -0.1) is 0 Å². The van der Waals surface area contributed by atoms with Crippen molar-refractivity contribution in [1.82, 2.24) is 0 Å². The van der Waals surface area contributed by atoms with Crippen molar-refractivity contribution >= 4 is 31.8 Å². The fourth-order valence-electron chi connectivity index (χ4n) is 2.06. The maximum atomic E-state index is 8.98. The van der Waals surface area contributed by atoms with Crippen LogP contribution in [0, 0.1) is 0 Å². The van der Waals surface area contributed by atoms with Crippen LogP contribution in [0.1, 0.15) is 51.0 Å². The summed E-state index contributed by atoms with van der Waals surface area (Å²) in [4.78, 5) is 18.0. The van der Waals surface area contributed by atoms with Gasteiger partial charge in [-0.1, -0.05) is 62.2 Å². The summed E-state index contributed by atoms with van der Waals surface area (Å²) in [6.07, 6.45) is 7.78. The summed E-state index contributed by atoms with van der Waals surface area (Å²) >= 11 is 12.2. The van der Waals surface area contributed by atoms with Crippen LogP contribution in [0.2, 0.25) is 10.0 Å². The molecule has 0 fully saturated rings. The Bertz CT molecular complexity index is 414. The predicted octanol–water partition coefficient (Wildman–Crippen LogP) is 5.49. The third-order valence-corrected chi connectivity index (χ3v) is 4.32. The van der Waals surface area contributed by atoms with Crippen LogP contribution in [0.3, 0.4) is 0 Å². The van der Waals surface area contributed by atoms with Crippen LogP contribution in [-0.4, -0.2) is 9.79 Å². The van der Waals surface area contributed by atoms with Crippen LogP contribution in [0.5, 0.6) is 5.75 Å². The molecule has 0 aliphatic carbocycles. The third-order valence-electron chi connectivity index (χ3n) is 3.11. The molecule has 0 unspecified atom stereocenters. The Morgan fingerprint density at radius 1 is 1.05 bits per heavy atom. The molecule has 0 heterocycles. The van der Waals surface area contributed by atoms with E-state index in [1.54, 1.807) is 12.1 Å². The van der Waals surface area contributed by atoms with Crippen molar-refractivity contribution in [2.45, 2.75) is 51.9 Å². The average Bonchev–Trinajstić information content (AvgIpc) is 2.40. The molecule has 1 rings (SSSR count). The van der Waals surface area contributed by atoms with Gasteiger partial charge in [-0.2, -0.15) is 0 Å². The first-order valence-electron chi connectivity index (χ1n) is 6.89. The highest BCUT2D eigenvalue weighted by molar-refractivity contribution is 7.39. The Morgan fingerprint density at radius 2 is 1.70 bits per heavy atom. The van der Waals surface area contributed by atoms with Crippen molar-refractivity contribution in [3.8, 4) is 5.75 Å². The van der Waals surface area contributed by atoms with Crippen LogP contribution < -0.4 is 4.52 Å². The van der Waals surface area contributed by atoms with Crippen molar-refractivity contribution in [3.63, 3.8) is 0 Å². The van der Waals surface area contributed by atoms with E-state index in [0.29, 0.717) is 15.8 Å². The summed E-state index contributed by atoms with van der Waals surface area (Å²) in [5, 5.41) is 0.898. The number of hydrogen-bond acceptors (Lipinski definition) is 3. The van der Waals surface area contributed by atoms with Crippen molar-refractivity contribution in [1.29, 1.82) is 0 Å². The molecule has 0 saturated carbocycles. The molecule has 3 nitrogen and oxygen atoms in total. The van der Waals surface area contributed by atoms with Crippen LogP contribution in [0.4, 0.5) is 0 Å². The van der Waals surface area contributed by atoms with E-state index in [4.69, 9.17) is 37.5 Å². The van der Waals surface area contributed by atoms with E-state index in [-0.39, 0.29) is 0 Å². The molecular formula is C14H21Cl2O3P. The van der Waals surface area contributed by atoms with E-state index >= 15 is 0 Å². The molecule has 0 radical (unpaired) electrons. The highest BCUT2D eigenvalue weighted by atomic mass is 35.5. The molecule has 0 aliphatic rings. The summed E-state index contributed by atoms with van der Waals surface area (Å²) in [5.41, 5.74) is 0.755. The largest absolute Gasteiger partial charge is 0.427 e. The molecule has 2 N–H and O–H groups in total. The number of benzene rings is 1. The van der Waals surface area contributed by atoms with E-state index in [0.717, 1.165) is 24.8 Å². The molecule has 114 valence electrons. The summed E-state index contributed by atoms with van der Waals surface area (Å²) in [6.45, 7) is 2.19. The van der Waals surface area contributed by atoms with Crippen molar-refractivity contribution in [2.75, 3.05) is 0 Å². The summed E-state index contributed by atoms with van der Waals surface area (Å²) in [6, 6.07) is 3.23. The normalized spacial score (nSPS) is 11.1. The van der Waals surface area contributed by atoms with Gasteiger partial charge in [0.05, 0.1) is 10.0 Å². The van der Waals surface area contributed by atoms with Gasteiger partial charge < -0.3 is 14.3 Å². The first kappa shape index (κ1) is 18.0. The zero-order chi connectivity index (χ0) is 15.0. The highest BCUT2D eigenvalue weighted by Crippen LogP contribution is 2.39. The quantitative estimate of drug-likeness (QED) is 0.462. The number of rotatable bonds is 9. The topological polar surface area (TPSA) is 49.7 Å². The lowest BCUT2D eigenvalue weighted by Gasteiger charge is -2.13. The van der Waals surface area contributed by atoms with Gasteiger partial charge in [0.2, 0.25) is 0 Å². The minimum absolute atomic E-state index is 0.407. The number of halogens is 2. The first-order chi connectivity index (χ1) is 9.56. The molecular weight excluding hydrogens is 318 g/mol. The van der Waals surface area contributed by atoms with Crippen LogP contribution in [0.25, 0.3) is 0 Å².